The van der Waals surface area contributed by atoms with Gasteiger partial charge in [0.25, 0.3) is 0 Å². The van der Waals surface area contributed by atoms with Crippen LogP contribution in [0.15, 0.2) is 47.4 Å². The number of anilines is 1. The molecule has 0 fully saturated rings. The molecule has 0 bridgehead atoms. The summed E-state index contributed by atoms with van der Waals surface area (Å²) in [5, 5.41) is 3.92. The van der Waals surface area contributed by atoms with Crippen LogP contribution in [0.4, 0.5) is 5.69 Å². The zero-order valence-electron chi connectivity index (χ0n) is 12.0. The third kappa shape index (κ3) is 2.81. The third-order valence-corrected chi connectivity index (χ3v) is 3.46. The zero-order valence-corrected chi connectivity index (χ0v) is 12.0. The molecule has 0 radical (unpaired) electrons. The average molecular weight is 283 g/mol. The van der Waals surface area contributed by atoms with Gasteiger partial charge in [-0.1, -0.05) is 12.1 Å². The van der Waals surface area contributed by atoms with Crippen molar-refractivity contribution in [3.8, 4) is 0 Å². The molecule has 0 aliphatic rings. The molecule has 0 aliphatic heterocycles. The van der Waals surface area contributed by atoms with Gasteiger partial charge in [0.05, 0.1) is 12.0 Å². The number of hydrogen-bond acceptors (Lipinski definition) is 3. The van der Waals surface area contributed by atoms with E-state index < -0.39 is 0 Å². The minimum Gasteiger partial charge on any atom is -0.459 e. The Hall–Kier alpha value is -2.56. The normalized spacial score (nSPS) is 12.5. The van der Waals surface area contributed by atoms with E-state index in [2.05, 4.69) is 10.3 Å². The van der Waals surface area contributed by atoms with Crippen LogP contribution in [0.3, 0.4) is 0 Å². The molecule has 2 heterocycles. The molecule has 5 heteroatoms. The van der Waals surface area contributed by atoms with Gasteiger partial charge in [-0.3, -0.25) is 4.79 Å². The smallest absolute Gasteiger partial charge is 0.226 e. The molecule has 0 saturated heterocycles. The summed E-state index contributed by atoms with van der Waals surface area (Å²) in [6.07, 6.45) is 5.66. The Labute approximate surface area is 122 Å². The van der Waals surface area contributed by atoms with Crippen molar-refractivity contribution in [1.82, 2.24) is 9.55 Å². The summed E-state index contributed by atoms with van der Waals surface area (Å²) >= 11 is 0. The molecule has 0 spiro atoms. The molecule has 1 N–H and O–H groups in total. The summed E-state index contributed by atoms with van der Waals surface area (Å²) in [6.45, 7) is 3.88. The summed E-state index contributed by atoms with van der Waals surface area (Å²) < 4.78 is 7.56. The number of nitrogens with zero attached hydrogens (tertiary/aromatic N) is 2. The first-order valence-corrected chi connectivity index (χ1v) is 6.90. The number of benzene rings is 1. The maximum Gasteiger partial charge on any atom is 0.226 e. The lowest BCUT2D eigenvalue weighted by Gasteiger charge is -2.13. The quantitative estimate of drug-likeness (QED) is 0.796. The van der Waals surface area contributed by atoms with E-state index >= 15 is 0 Å². The summed E-state index contributed by atoms with van der Waals surface area (Å²) in [5.74, 6) is 0.788. The highest BCUT2D eigenvalue weighted by Crippen LogP contribution is 2.27. The van der Waals surface area contributed by atoms with Crippen molar-refractivity contribution in [3.63, 3.8) is 0 Å². The first-order chi connectivity index (χ1) is 10.1. The van der Waals surface area contributed by atoms with E-state index in [4.69, 9.17) is 4.42 Å². The summed E-state index contributed by atoms with van der Waals surface area (Å²) in [5.41, 5.74) is 1.43. The summed E-state index contributed by atoms with van der Waals surface area (Å²) in [4.78, 5) is 16.2. The number of rotatable bonds is 4. The van der Waals surface area contributed by atoms with Gasteiger partial charge < -0.3 is 14.3 Å². The Balaban J connectivity index is 1.74. The molecule has 1 atom stereocenters. The van der Waals surface area contributed by atoms with Gasteiger partial charge in [-0.15, -0.1) is 0 Å². The van der Waals surface area contributed by atoms with Gasteiger partial charge in [0.2, 0.25) is 5.91 Å². The SMILES string of the molecule is Cc1cc2cccc(NC(=O)C[C@@H](C)n3ccnc3)c2o1. The highest BCUT2D eigenvalue weighted by Gasteiger charge is 2.13. The number of nitrogens with one attached hydrogen (secondary N) is 1. The van der Waals surface area contributed by atoms with Crippen molar-refractivity contribution in [2.45, 2.75) is 26.3 Å². The monoisotopic (exact) mass is 283 g/mol. The number of amides is 1. The van der Waals surface area contributed by atoms with Crippen LogP contribution in [0.2, 0.25) is 0 Å². The second kappa shape index (κ2) is 5.44. The van der Waals surface area contributed by atoms with Crippen LogP contribution in [-0.4, -0.2) is 15.5 Å². The Kier molecular flexibility index (Phi) is 3.48. The number of imidazole rings is 1. The van der Waals surface area contributed by atoms with Gasteiger partial charge in [0.15, 0.2) is 5.58 Å². The van der Waals surface area contributed by atoms with Gasteiger partial charge in [0, 0.05) is 30.2 Å². The molecular formula is C16H17N3O2. The molecule has 21 heavy (non-hydrogen) atoms. The minimum atomic E-state index is -0.0437. The summed E-state index contributed by atoms with van der Waals surface area (Å²) in [6, 6.07) is 7.75. The lowest BCUT2D eigenvalue weighted by Crippen LogP contribution is -2.17. The summed E-state index contributed by atoms with van der Waals surface area (Å²) in [7, 11) is 0. The molecule has 3 rings (SSSR count). The van der Waals surface area contributed by atoms with E-state index in [0.717, 1.165) is 16.7 Å². The molecule has 3 aromatic rings. The lowest BCUT2D eigenvalue weighted by molar-refractivity contribution is -0.116. The van der Waals surface area contributed by atoms with Gasteiger partial charge in [-0.25, -0.2) is 4.98 Å². The van der Waals surface area contributed by atoms with E-state index in [1.54, 1.807) is 12.5 Å². The highest BCUT2D eigenvalue weighted by molar-refractivity contribution is 5.99. The molecule has 1 amide bonds. The van der Waals surface area contributed by atoms with E-state index in [1.165, 1.54) is 0 Å². The molecule has 2 aromatic heterocycles. The lowest BCUT2D eigenvalue weighted by atomic mass is 10.2. The number of hydrogen-bond donors (Lipinski definition) is 1. The van der Waals surface area contributed by atoms with Gasteiger partial charge in [-0.05, 0) is 26.0 Å². The zero-order chi connectivity index (χ0) is 14.8. The fourth-order valence-corrected chi connectivity index (χ4v) is 2.40. The van der Waals surface area contributed by atoms with Gasteiger partial charge in [0.1, 0.15) is 5.76 Å². The van der Waals surface area contributed by atoms with Crippen molar-refractivity contribution >= 4 is 22.6 Å². The van der Waals surface area contributed by atoms with Crippen molar-refractivity contribution in [1.29, 1.82) is 0 Å². The molecule has 0 saturated carbocycles. The molecule has 1 aromatic carbocycles. The van der Waals surface area contributed by atoms with Gasteiger partial charge >= 0.3 is 0 Å². The van der Waals surface area contributed by atoms with Crippen LogP contribution in [0, 0.1) is 6.92 Å². The maximum absolute atomic E-state index is 12.2. The number of para-hydroxylation sites is 1. The fourth-order valence-electron chi connectivity index (χ4n) is 2.40. The van der Waals surface area contributed by atoms with Crippen molar-refractivity contribution in [3.05, 3.63) is 48.7 Å². The second-order valence-corrected chi connectivity index (χ2v) is 5.19. The minimum absolute atomic E-state index is 0.0437. The van der Waals surface area contributed by atoms with Crippen LogP contribution >= 0.6 is 0 Å². The van der Waals surface area contributed by atoms with E-state index in [0.29, 0.717) is 12.1 Å². The van der Waals surface area contributed by atoms with Crippen LogP contribution in [0.1, 0.15) is 25.1 Å². The van der Waals surface area contributed by atoms with Crippen LogP contribution in [0.5, 0.6) is 0 Å². The molecule has 5 nitrogen and oxygen atoms in total. The average Bonchev–Trinajstić information content (AvgIpc) is 3.06. The molecule has 0 unspecified atom stereocenters. The topological polar surface area (TPSA) is 60.1 Å². The fraction of sp³-hybridized carbons (Fsp3) is 0.250. The number of carbonyl (C=O) groups excluding carboxylic acids is 1. The van der Waals surface area contributed by atoms with Crippen molar-refractivity contribution in [2.75, 3.05) is 5.32 Å². The predicted octanol–water partition coefficient (Wildman–Crippen LogP) is 3.53. The number of furan rings is 1. The standard InChI is InChI=1S/C16H17N3O2/c1-11(19-7-6-17-10-19)8-15(20)18-14-5-3-4-13-9-12(2)21-16(13)14/h3-7,9-11H,8H2,1-2H3,(H,18,20)/t11-/m1/s1. The maximum atomic E-state index is 12.2. The Morgan fingerprint density at radius 2 is 2.33 bits per heavy atom. The van der Waals surface area contributed by atoms with Crippen molar-refractivity contribution in [2.24, 2.45) is 0 Å². The molecular weight excluding hydrogens is 266 g/mol. The largest absolute Gasteiger partial charge is 0.459 e. The Bertz CT molecular complexity index is 759. The first kappa shape index (κ1) is 13.4. The first-order valence-electron chi connectivity index (χ1n) is 6.90. The number of aryl methyl sites for hydroxylation is 1. The second-order valence-electron chi connectivity index (χ2n) is 5.19. The van der Waals surface area contributed by atoms with E-state index in [9.17, 15) is 4.79 Å². The number of carbonyl (C=O) groups is 1. The van der Waals surface area contributed by atoms with Crippen molar-refractivity contribution < 1.29 is 9.21 Å². The van der Waals surface area contributed by atoms with Crippen LogP contribution < -0.4 is 5.32 Å². The van der Waals surface area contributed by atoms with E-state index in [1.807, 2.05) is 48.9 Å². The highest BCUT2D eigenvalue weighted by atomic mass is 16.3. The van der Waals surface area contributed by atoms with Gasteiger partial charge in [-0.2, -0.15) is 0 Å². The predicted molar refractivity (Wildman–Crippen MR) is 81.1 cm³/mol. The van der Waals surface area contributed by atoms with Crippen LogP contribution in [0.25, 0.3) is 11.0 Å². The number of aromatic nitrogens is 2. The molecule has 0 aliphatic carbocycles. The van der Waals surface area contributed by atoms with Crippen LogP contribution in [-0.2, 0) is 4.79 Å². The Morgan fingerprint density at radius 3 is 3.10 bits per heavy atom. The molecule has 108 valence electrons. The Morgan fingerprint density at radius 1 is 1.48 bits per heavy atom. The third-order valence-electron chi connectivity index (χ3n) is 3.46. The number of fused-ring (bicyclic) bond motifs is 1. The van der Waals surface area contributed by atoms with E-state index in [-0.39, 0.29) is 11.9 Å².